The van der Waals surface area contributed by atoms with Crippen LogP contribution in [0.25, 0.3) is 0 Å². The van der Waals surface area contributed by atoms with Crippen molar-refractivity contribution in [1.29, 1.82) is 0 Å². The molecule has 0 saturated heterocycles. The van der Waals surface area contributed by atoms with Crippen molar-refractivity contribution in [2.24, 2.45) is 5.92 Å². The van der Waals surface area contributed by atoms with Crippen molar-refractivity contribution in [1.82, 2.24) is 4.98 Å². The summed E-state index contributed by atoms with van der Waals surface area (Å²) in [5.41, 5.74) is 0.999. The standard InChI is InChI=1S/C10H9NO3.C2H6/c1-5-3-4-7-8(11-5)9(12)6(2)10(13)14-7;1-2/h3-4,6H,1-2H3;1-2H3. The molecule has 0 saturated carbocycles. The molecule has 0 bridgehead atoms. The molecule has 0 aliphatic carbocycles. The van der Waals surface area contributed by atoms with Crippen LogP contribution in [0.2, 0.25) is 0 Å². The lowest BCUT2D eigenvalue weighted by Gasteiger charge is -2.18. The van der Waals surface area contributed by atoms with Crippen molar-refractivity contribution >= 4 is 11.8 Å². The highest BCUT2D eigenvalue weighted by molar-refractivity contribution is 6.11. The molecule has 86 valence electrons. The van der Waals surface area contributed by atoms with Gasteiger partial charge in [-0.25, -0.2) is 4.98 Å². The van der Waals surface area contributed by atoms with Crippen LogP contribution < -0.4 is 4.74 Å². The molecule has 0 fully saturated rings. The van der Waals surface area contributed by atoms with E-state index in [-0.39, 0.29) is 17.2 Å². The fraction of sp³-hybridized carbons (Fsp3) is 0.417. The molecule has 1 atom stereocenters. The van der Waals surface area contributed by atoms with Crippen LogP contribution in [0.1, 0.15) is 37.0 Å². The lowest BCUT2D eigenvalue weighted by Crippen LogP contribution is -2.32. The van der Waals surface area contributed by atoms with E-state index in [2.05, 4.69) is 4.98 Å². The number of fused-ring (bicyclic) bond motifs is 1. The minimum absolute atomic E-state index is 0.261. The number of pyridine rings is 1. The van der Waals surface area contributed by atoms with Gasteiger partial charge >= 0.3 is 5.97 Å². The van der Waals surface area contributed by atoms with Crippen LogP contribution in [0.5, 0.6) is 5.75 Å². The summed E-state index contributed by atoms with van der Waals surface area (Å²) in [5, 5.41) is 0. The molecule has 0 amide bonds. The fourth-order valence-electron chi connectivity index (χ4n) is 1.31. The summed E-state index contributed by atoms with van der Waals surface area (Å²) in [5.74, 6) is -1.24. The Morgan fingerprint density at radius 2 is 1.88 bits per heavy atom. The molecule has 2 heterocycles. The Bertz CT molecular complexity index is 426. The van der Waals surface area contributed by atoms with Gasteiger partial charge in [0.15, 0.2) is 11.5 Å². The van der Waals surface area contributed by atoms with Gasteiger partial charge in [-0.2, -0.15) is 0 Å². The van der Waals surface area contributed by atoms with E-state index in [0.29, 0.717) is 0 Å². The molecule has 16 heavy (non-hydrogen) atoms. The normalized spacial score (nSPS) is 18.1. The van der Waals surface area contributed by atoms with Crippen molar-refractivity contribution in [3.05, 3.63) is 23.5 Å². The molecule has 1 unspecified atom stereocenters. The van der Waals surface area contributed by atoms with Gasteiger partial charge in [-0.05, 0) is 26.0 Å². The Kier molecular flexibility index (Phi) is 3.77. The van der Waals surface area contributed by atoms with Crippen molar-refractivity contribution < 1.29 is 14.3 Å². The number of aryl methyl sites for hydroxylation is 1. The summed E-state index contributed by atoms with van der Waals surface area (Å²) in [7, 11) is 0. The number of Topliss-reactive ketones (excluding diaryl/α,β-unsaturated/α-hetero) is 1. The van der Waals surface area contributed by atoms with Crippen LogP contribution in [-0.4, -0.2) is 16.7 Å². The zero-order valence-corrected chi connectivity index (χ0v) is 9.90. The van der Waals surface area contributed by atoms with E-state index in [1.54, 1.807) is 19.1 Å². The number of ketones is 1. The average Bonchev–Trinajstić information content (AvgIpc) is 2.30. The summed E-state index contributed by atoms with van der Waals surface area (Å²) in [4.78, 5) is 26.8. The second-order valence-corrected chi connectivity index (χ2v) is 3.31. The first-order valence-corrected chi connectivity index (χ1v) is 5.33. The predicted molar refractivity (Wildman–Crippen MR) is 59.5 cm³/mol. The zero-order valence-electron chi connectivity index (χ0n) is 9.90. The first-order chi connectivity index (χ1) is 7.59. The molecule has 1 aromatic rings. The third-order valence-electron chi connectivity index (χ3n) is 2.19. The van der Waals surface area contributed by atoms with Crippen LogP contribution in [0.4, 0.5) is 0 Å². The number of hydrogen-bond donors (Lipinski definition) is 0. The monoisotopic (exact) mass is 221 g/mol. The number of esters is 1. The van der Waals surface area contributed by atoms with Crippen molar-refractivity contribution in [3.63, 3.8) is 0 Å². The highest BCUT2D eigenvalue weighted by atomic mass is 16.5. The Morgan fingerprint density at radius 3 is 2.50 bits per heavy atom. The minimum Gasteiger partial charge on any atom is -0.424 e. The molecule has 0 spiro atoms. The number of nitrogens with zero attached hydrogens (tertiary/aromatic N) is 1. The molecule has 4 nitrogen and oxygen atoms in total. The van der Waals surface area contributed by atoms with E-state index in [1.165, 1.54) is 6.92 Å². The van der Waals surface area contributed by atoms with Gasteiger partial charge in [0, 0.05) is 5.69 Å². The van der Waals surface area contributed by atoms with Gasteiger partial charge < -0.3 is 4.74 Å². The second kappa shape index (κ2) is 4.88. The third kappa shape index (κ3) is 2.10. The van der Waals surface area contributed by atoms with E-state index in [1.807, 2.05) is 13.8 Å². The highest BCUT2D eigenvalue weighted by Crippen LogP contribution is 2.26. The molecule has 0 aromatic carbocycles. The Hall–Kier alpha value is -1.71. The molecule has 1 aliphatic heterocycles. The lowest BCUT2D eigenvalue weighted by atomic mass is 10.0. The Balaban J connectivity index is 0.000000606. The van der Waals surface area contributed by atoms with E-state index in [9.17, 15) is 9.59 Å². The van der Waals surface area contributed by atoms with Gasteiger partial charge in [-0.1, -0.05) is 13.8 Å². The first-order valence-electron chi connectivity index (χ1n) is 5.33. The molecule has 0 radical (unpaired) electrons. The second-order valence-electron chi connectivity index (χ2n) is 3.31. The van der Waals surface area contributed by atoms with E-state index in [4.69, 9.17) is 4.74 Å². The highest BCUT2D eigenvalue weighted by Gasteiger charge is 2.33. The van der Waals surface area contributed by atoms with Crippen molar-refractivity contribution in [2.45, 2.75) is 27.7 Å². The quantitative estimate of drug-likeness (QED) is 0.497. The van der Waals surface area contributed by atoms with E-state index >= 15 is 0 Å². The predicted octanol–water partition coefficient (Wildman–Crippen LogP) is 2.15. The van der Waals surface area contributed by atoms with Crippen LogP contribution in [0.3, 0.4) is 0 Å². The molecule has 0 N–H and O–H groups in total. The summed E-state index contributed by atoms with van der Waals surface area (Å²) < 4.78 is 4.95. The van der Waals surface area contributed by atoms with Crippen LogP contribution in [-0.2, 0) is 4.79 Å². The van der Waals surface area contributed by atoms with Crippen LogP contribution in [0, 0.1) is 12.8 Å². The molecular formula is C12H15NO3. The molecular weight excluding hydrogens is 206 g/mol. The maximum absolute atomic E-state index is 11.6. The number of carbonyl (C=O) groups excluding carboxylic acids is 2. The van der Waals surface area contributed by atoms with Gasteiger partial charge in [0.05, 0.1) is 0 Å². The first kappa shape index (κ1) is 12.4. The molecule has 1 aromatic heterocycles. The van der Waals surface area contributed by atoms with Gasteiger partial charge in [0.25, 0.3) is 0 Å². The molecule has 2 rings (SSSR count). The van der Waals surface area contributed by atoms with Crippen LogP contribution in [0.15, 0.2) is 12.1 Å². The Labute approximate surface area is 94.6 Å². The third-order valence-corrected chi connectivity index (χ3v) is 2.19. The Morgan fingerprint density at radius 1 is 1.25 bits per heavy atom. The summed E-state index contributed by atoms with van der Waals surface area (Å²) in [6.45, 7) is 7.31. The number of hydrogen-bond acceptors (Lipinski definition) is 4. The van der Waals surface area contributed by atoms with Gasteiger partial charge in [0.2, 0.25) is 0 Å². The van der Waals surface area contributed by atoms with Gasteiger partial charge in [-0.3, -0.25) is 9.59 Å². The minimum atomic E-state index is -0.739. The van der Waals surface area contributed by atoms with Gasteiger partial charge in [-0.15, -0.1) is 0 Å². The zero-order chi connectivity index (χ0) is 12.3. The van der Waals surface area contributed by atoms with Gasteiger partial charge in [0.1, 0.15) is 11.6 Å². The molecule has 1 aliphatic rings. The summed E-state index contributed by atoms with van der Waals surface area (Å²) in [6, 6.07) is 3.30. The topological polar surface area (TPSA) is 56.3 Å². The largest absolute Gasteiger partial charge is 0.424 e. The number of aromatic nitrogens is 1. The number of carbonyl (C=O) groups is 2. The maximum Gasteiger partial charge on any atom is 0.322 e. The van der Waals surface area contributed by atoms with Crippen LogP contribution >= 0.6 is 0 Å². The number of rotatable bonds is 0. The van der Waals surface area contributed by atoms with Crippen molar-refractivity contribution in [2.75, 3.05) is 0 Å². The average molecular weight is 221 g/mol. The van der Waals surface area contributed by atoms with E-state index < -0.39 is 11.9 Å². The maximum atomic E-state index is 11.6. The lowest BCUT2D eigenvalue weighted by molar-refractivity contribution is -0.137. The van der Waals surface area contributed by atoms with E-state index in [0.717, 1.165) is 5.69 Å². The summed E-state index contributed by atoms with van der Waals surface area (Å²) >= 11 is 0. The molecule has 4 heteroatoms. The SMILES string of the molecule is CC.Cc1ccc2c(n1)C(=O)C(C)C(=O)O2. The smallest absolute Gasteiger partial charge is 0.322 e. The summed E-state index contributed by atoms with van der Waals surface area (Å²) in [6.07, 6.45) is 0. The van der Waals surface area contributed by atoms with Crippen molar-refractivity contribution in [3.8, 4) is 5.75 Å². The number of ether oxygens (including phenoxy) is 1. The fourth-order valence-corrected chi connectivity index (χ4v) is 1.31.